The molecule has 5 heteroatoms. The predicted molar refractivity (Wildman–Crippen MR) is 83.0 cm³/mol. The van der Waals surface area contributed by atoms with Crippen molar-refractivity contribution in [2.24, 2.45) is 0 Å². The molecule has 0 N–H and O–H groups in total. The molecule has 1 amide bonds. The molecule has 0 radical (unpaired) electrons. The molecule has 2 aliphatic heterocycles. The maximum absolute atomic E-state index is 12.4. The Labute approximate surface area is 132 Å². The van der Waals surface area contributed by atoms with Crippen LogP contribution < -0.4 is 0 Å². The van der Waals surface area contributed by atoms with Gasteiger partial charge in [-0.2, -0.15) is 0 Å². The summed E-state index contributed by atoms with van der Waals surface area (Å²) >= 11 is 1.46. The van der Waals surface area contributed by atoms with E-state index >= 15 is 0 Å². The molecule has 2 aromatic rings. The Morgan fingerprint density at radius 1 is 1.14 bits per heavy atom. The number of carbonyl (C=O) groups is 2. The van der Waals surface area contributed by atoms with Crippen molar-refractivity contribution in [1.29, 1.82) is 0 Å². The molecule has 112 valence electrons. The SMILES string of the molecule is O=C1OC2(CCN(C(=O)c3cccs3)CC2)c2ccccc21. The van der Waals surface area contributed by atoms with Gasteiger partial charge in [-0.15, -0.1) is 11.3 Å². The van der Waals surface area contributed by atoms with Gasteiger partial charge in [-0.3, -0.25) is 4.79 Å². The molecule has 3 heterocycles. The number of rotatable bonds is 1. The molecular weight excluding hydrogens is 298 g/mol. The van der Waals surface area contributed by atoms with Crippen molar-refractivity contribution in [3.8, 4) is 0 Å². The van der Waals surface area contributed by atoms with Crippen LogP contribution in [0.1, 0.15) is 38.4 Å². The molecule has 4 nitrogen and oxygen atoms in total. The Balaban J connectivity index is 1.55. The zero-order chi connectivity index (χ0) is 15.2. The van der Waals surface area contributed by atoms with Gasteiger partial charge in [0.15, 0.2) is 0 Å². The number of hydrogen-bond acceptors (Lipinski definition) is 4. The second-order valence-corrected chi connectivity index (χ2v) is 6.65. The van der Waals surface area contributed by atoms with Crippen molar-refractivity contribution in [3.63, 3.8) is 0 Å². The first-order valence-corrected chi connectivity index (χ1v) is 8.23. The zero-order valence-corrected chi connectivity index (χ0v) is 12.8. The maximum Gasteiger partial charge on any atom is 0.339 e. The molecule has 1 spiro atoms. The highest BCUT2D eigenvalue weighted by Gasteiger charge is 2.47. The standard InChI is InChI=1S/C17H15NO3S/c19-15(14-6-3-11-22-14)18-9-7-17(8-10-18)13-5-2-1-4-12(13)16(20)21-17/h1-6,11H,7-10H2. The third kappa shape index (κ3) is 1.96. The average Bonchev–Trinajstić information content (AvgIpc) is 3.17. The summed E-state index contributed by atoms with van der Waals surface area (Å²) in [6.45, 7) is 1.22. The van der Waals surface area contributed by atoms with Gasteiger partial charge in [0.1, 0.15) is 5.60 Å². The summed E-state index contributed by atoms with van der Waals surface area (Å²) in [5.74, 6) is -0.170. The number of hydrogen-bond donors (Lipinski definition) is 0. The normalized spacial score (nSPS) is 19.1. The summed E-state index contributed by atoms with van der Waals surface area (Å²) in [4.78, 5) is 27.1. The minimum Gasteiger partial charge on any atom is -0.450 e. The van der Waals surface area contributed by atoms with Crippen molar-refractivity contribution < 1.29 is 14.3 Å². The number of fused-ring (bicyclic) bond motifs is 2. The van der Waals surface area contributed by atoms with E-state index in [9.17, 15) is 9.59 Å². The minimum atomic E-state index is -0.542. The second-order valence-electron chi connectivity index (χ2n) is 5.70. The van der Waals surface area contributed by atoms with E-state index in [0.29, 0.717) is 31.5 Å². The first-order valence-electron chi connectivity index (χ1n) is 7.35. The smallest absolute Gasteiger partial charge is 0.339 e. The third-order valence-electron chi connectivity index (χ3n) is 4.52. The summed E-state index contributed by atoms with van der Waals surface area (Å²) in [7, 11) is 0. The van der Waals surface area contributed by atoms with Crippen molar-refractivity contribution >= 4 is 23.2 Å². The van der Waals surface area contributed by atoms with Crippen molar-refractivity contribution in [1.82, 2.24) is 4.90 Å². The van der Waals surface area contributed by atoms with E-state index in [1.54, 1.807) is 0 Å². The summed E-state index contributed by atoms with van der Waals surface area (Å²) in [5, 5.41) is 1.91. The first-order chi connectivity index (χ1) is 10.7. The Bertz CT molecular complexity index is 730. The highest BCUT2D eigenvalue weighted by Crippen LogP contribution is 2.44. The van der Waals surface area contributed by atoms with E-state index in [2.05, 4.69) is 0 Å². The Morgan fingerprint density at radius 3 is 2.64 bits per heavy atom. The van der Waals surface area contributed by atoms with Crippen LogP contribution in [0.25, 0.3) is 0 Å². The van der Waals surface area contributed by atoms with Crippen molar-refractivity contribution in [2.75, 3.05) is 13.1 Å². The number of esters is 1. The summed E-state index contributed by atoms with van der Waals surface area (Å²) in [5.41, 5.74) is 1.10. The van der Waals surface area contributed by atoms with Gasteiger partial charge in [-0.05, 0) is 17.5 Å². The molecular formula is C17H15NO3S. The van der Waals surface area contributed by atoms with Gasteiger partial charge in [0.05, 0.1) is 10.4 Å². The number of benzene rings is 1. The maximum atomic E-state index is 12.4. The molecule has 0 atom stereocenters. The van der Waals surface area contributed by atoms with Crippen LogP contribution in [0.4, 0.5) is 0 Å². The summed E-state index contributed by atoms with van der Waals surface area (Å²) in [6, 6.07) is 11.3. The molecule has 0 unspecified atom stereocenters. The topological polar surface area (TPSA) is 46.6 Å². The summed E-state index contributed by atoms with van der Waals surface area (Å²) in [6.07, 6.45) is 1.32. The van der Waals surface area contributed by atoms with E-state index in [4.69, 9.17) is 4.74 Å². The predicted octanol–water partition coefficient (Wildman–Crippen LogP) is 3.05. The molecule has 1 fully saturated rings. The van der Waals surface area contributed by atoms with Crippen LogP contribution in [0.15, 0.2) is 41.8 Å². The monoisotopic (exact) mass is 313 g/mol. The third-order valence-corrected chi connectivity index (χ3v) is 5.37. The Kier molecular flexibility index (Phi) is 3.04. The number of carbonyl (C=O) groups excluding carboxylic acids is 2. The fourth-order valence-corrected chi connectivity index (χ4v) is 4.04. The van der Waals surface area contributed by atoms with E-state index in [1.807, 2.05) is 46.7 Å². The molecule has 1 aromatic heterocycles. The van der Waals surface area contributed by atoms with Gasteiger partial charge in [-0.1, -0.05) is 24.3 Å². The summed E-state index contributed by atoms with van der Waals surface area (Å²) < 4.78 is 5.70. The van der Waals surface area contributed by atoms with E-state index in [0.717, 1.165) is 10.4 Å². The molecule has 1 saturated heterocycles. The molecule has 2 aliphatic rings. The van der Waals surface area contributed by atoms with E-state index < -0.39 is 5.60 Å². The van der Waals surface area contributed by atoms with Crippen molar-refractivity contribution in [2.45, 2.75) is 18.4 Å². The van der Waals surface area contributed by atoms with Gasteiger partial charge in [0.25, 0.3) is 5.91 Å². The molecule has 0 saturated carbocycles. The molecule has 22 heavy (non-hydrogen) atoms. The number of thiophene rings is 1. The van der Waals surface area contributed by atoms with Crippen molar-refractivity contribution in [3.05, 3.63) is 57.8 Å². The van der Waals surface area contributed by atoms with Crippen LogP contribution in [0, 0.1) is 0 Å². The average molecular weight is 313 g/mol. The fourth-order valence-electron chi connectivity index (χ4n) is 3.34. The van der Waals surface area contributed by atoms with Gasteiger partial charge >= 0.3 is 5.97 Å². The van der Waals surface area contributed by atoms with E-state index in [-0.39, 0.29) is 11.9 Å². The number of ether oxygens (including phenoxy) is 1. The minimum absolute atomic E-state index is 0.0717. The molecule has 4 rings (SSSR count). The number of piperidine rings is 1. The zero-order valence-electron chi connectivity index (χ0n) is 12.0. The van der Waals surface area contributed by atoms with Crippen LogP contribution in [0.3, 0.4) is 0 Å². The number of likely N-dealkylation sites (tertiary alicyclic amines) is 1. The second kappa shape index (κ2) is 4.95. The van der Waals surface area contributed by atoms with Crippen LogP contribution in [-0.2, 0) is 10.3 Å². The molecule has 0 aliphatic carbocycles. The van der Waals surface area contributed by atoms with Crippen LogP contribution in [0.5, 0.6) is 0 Å². The van der Waals surface area contributed by atoms with Crippen LogP contribution >= 0.6 is 11.3 Å². The van der Waals surface area contributed by atoms with Crippen LogP contribution in [-0.4, -0.2) is 29.9 Å². The lowest BCUT2D eigenvalue weighted by Crippen LogP contribution is -2.45. The van der Waals surface area contributed by atoms with Crippen LogP contribution in [0.2, 0.25) is 0 Å². The molecule has 1 aromatic carbocycles. The lowest BCUT2D eigenvalue weighted by Gasteiger charge is -2.38. The van der Waals surface area contributed by atoms with Gasteiger partial charge in [0, 0.05) is 31.5 Å². The Morgan fingerprint density at radius 2 is 1.91 bits per heavy atom. The van der Waals surface area contributed by atoms with E-state index in [1.165, 1.54) is 11.3 Å². The highest BCUT2D eigenvalue weighted by atomic mass is 32.1. The lowest BCUT2D eigenvalue weighted by molar-refractivity contribution is -0.0389. The number of nitrogens with zero attached hydrogens (tertiary/aromatic N) is 1. The quantitative estimate of drug-likeness (QED) is 0.760. The fraction of sp³-hybridized carbons (Fsp3) is 0.294. The highest BCUT2D eigenvalue weighted by molar-refractivity contribution is 7.12. The first kappa shape index (κ1) is 13.5. The number of amides is 1. The lowest BCUT2D eigenvalue weighted by atomic mass is 9.84. The van der Waals surface area contributed by atoms with Gasteiger partial charge in [-0.25, -0.2) is 4.79 Å². The molecule has 0 bridgehead atoms. The van der Waals surface area contributed by atoms with Gasteiger partial charge in [0.2, 0.25) is 0 Å². The largest absolute Gasteiger partial charge is 0.450 e. The van der Waals surface area contributed by atoms with Gasteiger partial charge < -0.3 is 9.64 Å². The Hall–Kier alpha value is -2.14.